The Hall–Kier alpha value is -1.52. The van der Waals surface area contributed by atoms with Crippen molar-refractivity contribution in [2.24, 2.45) is 0 Å². The number of phosphoric acid groups is 1. The summed E-state index contributed by atoms with van der Waals surface area (Å²) in [5.74, 6) is -2.38. The summed E-state index contributed by atoms with van der Waals surface area (Å²) in [6.07, 6.45) is 30.7. The third kappa shape index (κ3) is 33.6. The molecule has 4 N–H and O–H groups in total. The molecule has 0 aliphatic heterocycles. The molecule has 0 saturated carbocycles. The van der Waals surface area contributed by atoms with E-state index in [9.17, 15) is 34.1 Å². The number of rotatable bonds is 38. The summed E-state index contributed by atoms with van der Waals surface area (Å²) in [7, 11) is -4.73. The van der Waals surface area contributed by atoms with Crippen LogP contribution in [0.25, 0.3) is 0 Å². The second-order valence-electron chi connectivity index (χ2n) is 13.8. The van der Waals surface area contributed by atoms with E-state index < -0.39 is 57.6 Å². The average Bonchev–Trinajstić information content (AvgIpc) is 3.08. The lowest BCUT2D eigenvalue weighted by Crippen LogP contribution is -2.43. The molecule has 11 nitrogen and oxygen atoms in total. The maximum absolute atomic E-state index is 12.1. The Labute approximate surface area is 304 Å². The summed E-state index contributed by atoms with van der Waals surface area (Å²) < 4.78 is 26.6. The minimum absolute atomic E-state index is 0.144. The quantitative estimate of drug-likeness (QED) is 0.0272. The highest BCUT2D eigenvalue weighted by Crippen LogP contribution is 2.43. The molecule has 1 amide bonds. The number of amides is 1. The number of carbonyl (C=O) groups excluding carboxylic acids is 2. The lowest BCUT2D eigenvalue weighted by Gasteiger charge is -2.18. The number of aliphatic hydroxyl groups excluding tert-OH is 1. The van der Waals surface area contributed by atoms with Crippen LogP contribution < -0.4 is 5.32 Å². The van der Waals surface area contributed by atoms with E-state index in [2.05, 4.69) is 19.2 Å². The molecular formula is C38H74NO10P. The van der Waals surface area contributed by atoms with Crippen LogP contribution in [-0.4, -0.2) is 64.9 Å². The van der Waals surface area contributed by atoms with E-state index in [4.69, 9.17) is 13.8 Å². The van der Waals surface area contributed by atoms with Gasteiger partial charge in [-0.05, 0) is 12.8 Å². The Morgan fingerprint density at radius 1 is 0.560 bits per heavy atom. The van der Waals surface area contributed by atoms with Gasteiger partial charge >= 0.3 is 19.8 Å². The molecule has 0 fully saturated rings. The topological polar surface area (TPSA) is 169 Å². The minimum Gasteiger partial charge on any atom is -0.480 e. The van der Waals surface area contributed by atoms with Crippen LogP contribution in [0.1, 0.15) is 194 Å². The van der Waals surface area contributed by atoms with Gasteiger partial charge in [0.2, 0.25) is 5.91 Å². The van der Waals surface area contributed by atoms with Gasteiger partial charge in [-0.2, -0.15) is 0 Å². The largest absolute Gasteiger partial charge is 0.480 e. The zero-order chi connectivity index (χ0) is 37.1. The number of ether oxygens (including phenoxy) is 1. The molecule has 12 heteroatoms. The summed E-state index contributed by atoms with van der Waals surface area (Å²) in [5.41, 5.74) is 0. The summed E-state index contributed by atoms with van der Waals surface area (Å²) >= 11 is 0. The first-order chi connectivity index (χ1) is 24.1. The Balaban J connectivity index is 3.73. The Kier molecular flexibility index (Phi) is 33.5. The molecule has 50 heavy (non-hydrogen) atoms. The second-order valence-corrected chi connectivity index (χ2v) is 15.3. The van der Waals surface area contributed by atoms with Gasteiger partial charge in [0.25, 0.3) is 0 Å². The lowest BCUT2D eigenvalue weighted by atomic mass is 10.0. The molecule has 0 aromatic carbocycles. The number of unbranched alkanes of at least 4 members (excludes halogenated alkanes) is 24. The number of hydrogen-bond acceptors (Lipinski definition) is 8. The number of aliphatic carboxylic acids is 1. The maximum atomic E-state index is 12.1. The fourth-order valence-corrected chi connectivity index (χ4v) is 6.50. The smallest absolute Gasteiger partial charge is 0.472 e. The fraction of sp³-hybridized carbons (Fsp3) is 0.921. The van der Waals surface area contributed by atoms with Crippen molar-refractivity contribution in [1.29, 1.82) is 0 Å². The third-order valence-electron chi connectivity index (χ3n) is 8.90. The van der Waals surface area contributed by atoms with Crippen LogP contribution in [0.5, 0.6) is 0 Å². The van der Waals surface area contributed by atoms with Crippen LogP contribution in [0.15, 0.2) is 0 Å². The van der Waals surface area contributed by atoms with Crippen molar-refractivity contribution in [3.63, 3.8) is 0 Å². The molecule has 0 aromatic heterocycles. The normalized spacial score (nSPS) is 13.8. The van der Waals surface area contributed by atoms with E-state index >= 15 is 0 Å². The second kappa shape index (κ2) is 34.6. The van der Waals surface area contributed by atoms with E-state index in [1.807, 2.05) is 0 Å². The SMILES string of the molecule is CCCCCCCCCCCCCCCCCCCCCCCC(=O)OCC(O)COP(=O)(O)OCC(NC(=O)CCCCCCC)C(=O)O. The Morgan fingerprint density at radius 2 is 0.920 bits per heavy atom. The number of nitrogens with one attached hydrogen (secondary N) is 1. The fourth-order valence-electron chi connectivity index (χ4n) is 5.73. The number of carboxylic acids is 1. The first kappa shape index (κ1) is 48.5. The first-order valence-corrected chi connectivity index (χ1v) is 21.6. The number of esters is 1. The van der Waals surface area contributed by atoms with Crippen molar-refractivity contribution in [3.05, 3.63) is 0 Å². The van der Waals surface area contributed by atoms with Gasteiger partial charge in [0.05, 0.1) is 13.2 Å². The van der Waals surface area contributed by atoms with Gasteiger partial charge in [-0.25, -0.2) is 9.36 Å². The Morgan fingerprint density at radius 3 is 1.32 bits per heavy atom. The predicted molar refractivity (Wildman–Crippen MR) is 199 cm³/mol. The van der Waals surface area contributed by atoms with Crippen LogP contribution in [-0.2, 0) is 32.7 Å². The number of carboxylic acid groups (broad SMARTS) is 1. The lowest BCUT2D eigenvalue weighted by molar-refractivity contribution is -0.147. The summed E-state index contributed by atoms with van der Waals surface area (Å²) in [4.78, 5) is 45.3. The van der Waals surface area contributed by atoms with Crippen LogP contribution in [0.4, 0.5) is 0 Å². The third-order valence-corrected chi connectivity index (χ3v) is 9.85. The molecule has 0 bridgehead atoms. The van der Waals surface area contributed by atoms with E-state index in [1.165, 1.54) is 109 Å². The van der Waals surface area contributed by atoms with Crippen LogP contribution in [0.3, 0.4) is 0 Å². The zero-order valence-electron chi connectivity index (χ0n) is 31.7. The van der Waals surface area contributed by atoms with Crippen LogP contribution in [0, 0.1) is 0 Å². The van der Waals surface area contributed by atoms with E-state index in [-0.39, 0.29) is 12.8 Å². The number of hydrogen-bond donors (Lipinski definition) is 4. The van der Waals surface area contributed by atoms with Crippen molar-refractivity contribution >= 4 is 25.7 Å². The highest BCUT2D eigenvalue weighted by atomic mass is 31.2. The Bertz CT molecular complexity index is 875. The van der Waals surface area contributed by atoms with Crippen LogP contribution >= 0.6 is 7.82 Å². The molecule has 0 aromatic rings. The molecule has 0 saturated heterocycles. The summed E-state index contributed by atoms with van der Waals surface area (Å²) in [5, 5.41) is 21.6. The van der Waals surface area contributed by atoms with Gasteiger partial charge in [-0.3, -0.25) is 18.6 Å². The number of aliphatic hydroxyl groups is 1. The monoisotopic (exact) mass is 736 g/mol. The van der Waals surface area contributed by atoms with Crippen molar-refractivity contribution in [1.82, 2.24) is 5.32 Å². The molecule has 0 rings (SSSR count). The molecule has 0 heterocycles. The number of phosphoric ester groups is 1. The van der Waals surface area contributed by atoms with Crippen molar-refractivity contribution in [3.8, 4) is 0 Å². The molecular weight excluding hydrogens is 661 g/mol. The van der Waals surface area contributed by atoms with Gasteiger partial charge in [-0.1, -0.05) is 168 Å². The van der Waals surface area contributed by atoms with Crippen molar-refractivity contribution in [2.45, 2.75) is 206 Å². The highest BCUT2D eigenvalue weighted by Gasteiger charge is 2.28. The molecule has 0 radical (unpaired) electrons. The van der Waals surface area contributed by atoms with Gasteiger partial charge in [0.15, 0.2) is 6.04 Å². The predicted octanol–water partition coefficient (Wildman–Crippen LogP) is 9.56. The standard InChI is InChI=1S/C38H74NO10P/c1-3-5-7-9-10-11-12-13-14-15-16-17-18-19-20-21-22-23-24-26-28-30-37(42)47-31-34(40)32-48-50(45,46)49-33-35(38(43)44)39-36(41)29-27-25-8-6-4-2/h34-35,40H,3-33H2,1-2H3,(H,39,41)(H,43,44)(H,45,46). The number of carbonyl (C=O) groups is 3. The molecule has 0 aliphatic carbocycles. The van der Waals surface area contributed by atoms with Crippen molar-refractivity contribution < 1.29 is 47.8 Å². The summed E-state index contributed by atoms with van der Waals surface area (Å²) in [6.45, 7) is 2.47. The van der Waals surface area contributed by atoms with E-state index in [1.54, 1.807) is 0 Å². The van der Waals surface area contributed by atoms with Crippen LogP contribution in [0.2, 0.25) is 0 Å². The van der Waals surface area contributed by atoms with Gasteiger partial charge in [-0.15, -0.1) is 0 Å². The highest BCUT2D eigenvalue weighted by molar-refractivity contribution is 7.47. The van der Waals surface area contributed by atoms with Gasteiger partial charge in [0.1, 0.15) is 12.7 Å². The van der Waals surface area contributed by atoms with E-state index in [0.717, 1.165) is 44.9 Å². The minimum atomic E-state index is -4.73. The molecule has 0 spiro atoms. The van der Waals surface area contributed by atoms with Gasteiger partial charge < -0.3 is 25.2 Å². The molecule has 0 aliphatic rings. The zero-order valence-corrected chi connectivity index (χ0v) is 32.6. The molecule has 3 unspecified atom stereocenters. The summed E-state index contributed by atoms with van der Waals surface area (Å²) in [6, 6.07) is -1.54. The molecule has 296 valence electrons. The average molecular weight is 736 g/mol. The molecule has 3 atom stereocenters. The van der Waals surface area contributed by atoms with E-state index in [0.29, 0.717) is 12.8 Å². The first-order valence-electron chi connectivity index (χ1n) is 20.1. The van der Waals surface area contributed by atoms with Crippen molar-refractivity contribution in [2.75, 3.05) is 19.8 Å². The maximum Gasteiger partial charge on any atom is 0.472 e. The van der Waals surface area contributed by atoms with Gasteiger partial charge in [0, 0.05) is 12.8 Å².